The van der Waals surface area contributed by atoms with E-state index in [1.807, 2.05) is 0 Å². The summed E-state index contributed by atoms with van der Waals surface area (Å²) in [5.74, 6) is -2.24. The van der Waals surface area contributed by atoms with Crippen LogP contribution in [0.4, 0.5) is 14.5 Å². The van der Waals surface area contributed by atoms with Gasteiger partial charge in [0, 0.05) is 25.4 Å². The molecule has 1 aromatic carbocycles. The predicted molar refractivity (Wildman–Crippen MR) is 67.1 cm³/mol. The number of halogens is 2. The number of methoxy groups -OCH3 is 1. The number of nitrogens with zero attached hydrogens (tertiary/aromatic N) is 1. The van der Waals surface area contributed by atoms with Gasteiger partial charge in [-0.25, -0.2) is 8.78 Å². The maximum Gasteiger partial charge on any atom is 0.252 e. The van der Waals surface area contributed by atoms with Gasteiger partial charge in [-0.15, -0.1) is 0 Å². The minimum atomic E-state index is -0.982. The number of carbonyl (C=O) groups excluding carboxylic acids is 1. The number of rotatable bonds is 7. The summed E-state index contributed by atoms with van der Waals surface area (Å²) in [5, 5.41) is 0. The molecule has 0 N–H and O–H groups in total. The molecule has 1 amide bonds. The molecule has 0 radical (unpaired) electrons. The fourth-order valence-corrected chi connectivity index (χ4v) is 1.54. The van der Waals surface area contributed by atoms with Crippen LogP contribution in [-0.4, -0.2) is 39.4 Å². The van der Waals surface area contributed by atoms with Crippen LogP contribution in [0.2, 0.25) is 0 Å². The highest BCUT2D eigenvalue weighted by Crippen LogP contribution is 2.18. The summed E-state index contributed by atoms with van der Waals surface area (Å²) in [5.41, 5.74) is 0.307. The summed E-state index contributed by atoms with van der Waals surface area (Å²) < 4.78 is 35.9. The Morgan fingerprint density at radius 1 is 1.26 bits per heavy atom. The fourth-order valence-electron chi connectivity index (χ4n) is 1.54. The molecule has 0 aliphatic rings. The molecule has 0 aromatic heterocycles. The van der Waals surface area contributed by atoms with Crippen molar-refractivity contribution in [3.8, 4) is 0 Å². The molecule has 4 nitrogen and oxygen atoms in total. The number of anilines is 1. The quantitative estimate of drug-likeness (QED) is 0.713. The molecule has 0 unspecified atom stereocenters. The fraction of sp³-hybridized carbons (Fsp3) is 0.462. The zero-order valence-electron chi connectivity index (χ0n) is 11.0. The second-order valence-electron chi connectivity index (χ2n) is 3.78. The van der Waals surface area contributed by atoms with Crippen molar-refractivity contribution >= 4 is 11.6 Å². The third-order valence-electron chi connectivity index (χ3n) is 2.49. The number of amides is 1. The number of hydrogen-bond donors (Lipinski definition) is 0. The molecule has 1 aromatic rings. The Hall–Kier alpha value is -1.53. The van der Waals surface area contributed by atoms with Crippen LogP contribution >= 0.6 is 0 Å². The topological polar surface area (TPSA) is 38.8 Å². The van der Waals surface area contributed by atoms with E-state index in [1.54, 1.807) is 6.92 Å². The van der Waals surface area contributed by atoms with Crippen LogP contribution in [0.15, 0.2) is 18.2 Å². The Labute approximate surface area is 110 Å². The van der Waals surface area contributed by atoms with E-state index in [0.29, 0.717) is 25.4 Å². The first-order chi connectivity index (χ1) is 9.10. The average molecular weight is 273 g/mol. The molecule has 1 rings (SSSR count). The van der Waals surface area contributed by atoms with Crippen molar-refractivity contribution in [2.75, 3.05) is 38.4 Å². The largest absolute Gasteiger partial charge is 0.382 e. The van der Waals surface area contributed by atoms with Gasteiger partial charge in [0.05, 0.1) is 13.2 Å². The second kappa shape index (κ2) is 7.81. The Bertz CT molecular complexity index is 426. The molecule has 0 aliphatic carbocycles. The Balaban J connectivity index is 2.65. The molecule has 6 heteroatoms. The van der Waals surface area contributed by atoms with Gasteiger partial charge < -0.3 is 14.4 Å². The van der Waals surface area contributed by atoms with Crippen LogP contribution in [-0.2, 0) is 14.3 Å². The SMILES string of the molecule is CCN(C(=O)COCCOC)c1ccc(F)c(F)c1. The van der Waals surface area contributed by atoms with E-state index in [0.717, 1.165) is 12.1 Å². The van der Waals surface area contributed by atoms with Gasteiger partial charge in [0.15, 0.2) is 11.6 Å². The molecule has 0 saturated heterocycles. The highest BCUT2D eigenvalue weighted by Gasteiger charge is 2.15. The lowest BCUT2D eigenvalue weighted by molar-refractivity contribution is -0.123. The molecule has 0 bridgehead atoms. The maximum absolute atomic E-state index is 13.1. The lowest BCUT2D eigenvalue weighted by Gasteiger charge is -2.21. The second-order valence-corrected chi connectivity index (χ2v) is 3.78. The van der Waals surface area contributed by atoms with Gasteiger partial charge in [0.2, 0.25) is 0 Å². The van der Waals surface area contributed by atoms with Gasteiger partial charge in [-0.3, -0.25) is 4.79 Å². The number of benzene rings is 1. The summed E-state index contributed by atoms with van der Waals surface area (Å²) in [6.07, 6.45) is 0. The van der Waals surface area contributed by atoms with Crippen molar-refractivity contribution in [3.05, 3.63) is 29.8 Å². The van der Waals surface area contributed by atoms with Crippen molar-refractivity contribution in [3.63, 3.8) is 0 Å². The molecule has 0 spiro atoms. The number of likely N-dealkylation sites (N-methyl/N-ethyl adjacent to an activating group) is 1. The first-order valence-corrected chi connectivity index (χ1v) is 5.92. The Kier molecular flexibility index (Phi) is 6.38. The normalized spacial score (nSPS) is 10.5. The summed E-state index contributed by atoms with van der Waals surface area (Å²) in [6.45, 7) is 2.66. The number of ether oxygens (including phenoxy) is 2. The highest BCUT2D eigenvalue weighted by molar-refractivity contribution is 5.94. The molecule has 0 aliphatic heterocycles. The minimum absolute atomic E-state index is 0.129. The van der Waals surface area contributed by atoms with Crippen molar-refractivity contribution in [1.82, 2.24) is 0 Å². The van der Waals surface area contributed by atoms with Gasteiger partial charge in [0.1, 0.15) is 6.61 Å². The molecule has 0 fully saturated rings. The van der Waals surface area contributed by atoms with E-state index in [9.17, 15) is 13.6 Å². The van der Waals surface area contributed by atoms with Crippen molar-refractivity contribution < 1.29 is 23.0 Å². The zero-order valence-corrected chi connectivity index (χ0v) is 11.0. The van der Waals surface area contributed by atoms with Crippen molar-refractivity contribution in [1.29, 1.82) is 0 Å². The highest BCUT2D eigenvalue weighted by atomic mass is 19.2. The zero-order chi connectivity index (χ0) is 14.3. The van der Waals surface area contributed by atoms with E-state index in [-0.39, 0.29) is 12.5 Å². The predicted octanol–water partition coefficient (Wildman–Crippen LogP) is 1.98. The van der Waals surface area contributed by atoms with Crippen LogP contribution in [0.3, 0.4) is 0 Å². The molecular formula is C13H17F2NO3. The minimum Gasteiger partial charge on any atom is -0.382 e. The van der Waals surface area contributed by atoms with Crippen LogP contribution in [0.5, 0.6) is 0 Å². The first kappa shape index (κ1) is 15.5. The van der Waals surface area contributed by atoms with Gasteiger partial charge in [-0.1, -0.05) is 0 Å². The van der Waals surface area contributed by atoms with Gasteiger partial charge in [0.25, 0.3) is 5.91 Å². The molecule has 0 saturated carbocycles. The summed E-state index contributed by atoms with van der Waals surface area (Å²) in [6, 6.07) is 3.34. The molecule has 106 valence electrons. The van der Waals surface area contributed by atoms with Crippen molar-refractivity contribution in [2.24, 2.45) is 0 Å². The van der Waals surface area contributed by atoms with Crippen LogP contribution in [0.25, 0.3) is 0 Å². The molecule has 0 atom stereocenters. The van der Waals surface area contributed by atoms with Crippen molar-refractivity contribution in [2.45, 2.75) is 6.92 Å². The monoisotopic (exact) mass is 273 g/mol. The van der Waals surface area contributed by atoms with E-state index in [2.05, 4.69) is 0 Å². The average Bonchev–Trinajstić information content (AvgIpc) is 2.40. The smallest absolute Gasteiger partial charge is 0.252 e. The molecule has 19 heavy (non-hydrogen) atoms. The lowest BCUT2D eigenvalue weighted by Crippen LogP contribution is -2.34. The van der Waals surface area contributed by atoms with Gasteiger partial charge in [-0.2, -0.15) is 0 Å². The number of hydrogen-bond acceptors (Lipinski definition) is 3. The van der Waals surface area contributed by atoms with E-state index < -0.39 is 11.6 Å². The first-order valence-electron chi connectivity index (χ1n) is 5.92. The third kappa shape index (κ3) is 4.57. The molecular weight excluding hydrogens is 256 g/mol. The van der Waals surface area contributed by atoms with Gasteiger partial charge in [-0.05, 0) is 19.1 Å². The third-order valence-corrected chi connectivity index (χ3v) is 2.49. The van der Waals surface area contributed by atoms with Crippen LogP contribution in [0.1, 0.15) is 6.92 Å². The van der Waals surface area contributed by atoms with Crippen LogP contribution in [0, 0.1) is 11.6 Å². The summed E-state index contributed by atoms with van der Waals surface area (Å²) in [4.78, 5) is 13.2. The van der Waals surface area contributed by atoms with E-state index in [4.69, 9.17) is 9.47 Å². The lowest BCUT2D eigenvalue weighted by atomic mass is 10.2. The van der Waals surface area contributed by atoms with Gasteiger partial charge >= 0.3 is 0 Å². The van der Waals surface area contributed by atoms with E-state index >= 15 is 0 Å². The van der Waals surface area contributed by atoms with E-state index in [1.165, 1.54) is 18.1 Å². The maximum atomic E-state index is 13.1. The molecule has 0 heterocycles. The van der Waals surface area contributed by atoms with Crippen LogP contribution < -0.4 is 4.90 Å². The Morgan fingerprint density at radius 3 is 2.58 bits per heavy atom. The summed E-state index contributed by atoms with van der Waals surface area (Å²) >= 11 is 0. The Morgan fingerprint density at radius 2 is 2.00 bits per heavy atom. The standard InChI is InChI=1S/C13H17F2NO3/c1-3-16(13(17)9-19-7-6-18-2)10-4-5-11(14)12(15)8-10/h4-5,8H,3,6-7,9H2,1-2H3. The number of carbonyl (C=O) groups is 1. The summed E-state index contributed by atoms with van der Waals surface area (Å²) in [7, 11) is 1.53.